The number of alkyl halides is 3. The molecule has 102 valence electrons. The average Bonchev–Trinajstić information content (AvgIpc) is 2.76. The Labute approximate surface area is 111 Å². The third kappa shape index (κ3) is 3.05. The van der Waals surface area contributed by atoms with Gasteiger partial charge >= 0.3 is 6.18 Å². The lowest BCUT2D eigenvalue weighted by Crippen LogP contribution is -2.06. The Balaban J connectivity index is 2.35. The number of hydrogen-bond donors (Lipinski definition) is 1. The highest BCUT2D eigenvalue weighted by Crippen LogP contribution is 2.32. The molecule has 8 heteroatoms. The van der Waals surface area contributed by atoms with E-state index in [0.717, 1.165) is 12.1 Å². The van der Waals surface area contributed by atoms with Gasteiger partial charge in [0.2, 0.25) is 0 Å². The molecule has 0 fully saturated rings. The van der Waals surface area contributed by atoms with Crippen LogP contribution in [-0.4, -0.2) is 26.7 Å². The highest BCUT2D eigenvalue weighted by atomic mass is 35.5. The van der Waals surface area contributed by atoms with Crippen LogP contribution in [0.5, 0.6) is 0 Å². The molecular weight excluding hydrogens is 283 g/mol. The molecule has 0 radical (unpaired) electrons. The maximum Gasteiger partial charge on any atom is 0.416 e. The van der Waals surface area contributed by atoms with Crippen molar-refractivity contribution in [3.8, 4) is 5.69 Å². The van der Waals surface area contributed by atoms with E-state index in [1.54, 1.807) is 0 Å². The second-order valence-corrected chi connectivity index (χ2v) is 4.20. The largest absolute Gasteiger partial charge is 0.416 e. The minimum absolute atomic E-state index is 0.0738. The molecule has 2 aromatic rings. The number of benzene rings is 1. The normalized spacial score (nSPS) is 11.8. The number of aliphatic hydroxyl groups excluding tert-OH is 1. The molecule has 1 N–H and O–H groups in total. The van der Waals surface area contributed by atoms with Crippen molar-refractivity contribution in [2.24, 2.45) is 0 Å². The Morgan fingerprint density at radius 3 is 2.63 bits per heavy atom. The molecule has 0 aliphatic carbocycles. The lowest BCUT2D eigenvalue weighted by Gasteiger charge is -2.09. The number of hydrogen-bond acceptors (Lipinski definition) is 3. The first-order chi connectivity index (χ1) is 8.91. The molecule has 0 unspecified atom stereocenters. The first-order valence-electron chi connectivity index (χ1n) is 5.31. The minimum atomic E-state index is -4.44. The van der Waals surface area contributed by atoms with Crippen LogP contribution in [-0.2, 0) is 12.6 Å². The standard InChI is InChI=1S/C11H9ClF3N3O/c12-9-5-7(11(13,14)15)1-2-10(9)18-6-8(3-4-19)16-17-18/h1-2,5-6,19H,3-4H2. The molecule has 0 amide bonds. The SMILES string of the molecule is OCCc1cn(-c2ccc(C(F)(F)F)cc2Cl)nn1. The molecule has 1 heterocycles. The molecule has 0 saturated carbocycles. The van der Waals surface area contributed by atoms with Gasteiger partial charge in [-0.05, 0) is 18.2 Å². The summed E-state index contributed by atoms with van der Waals surface area (Å²) in [6.45, 7) is -0.0839. The van der Waals surface area contributed by atoms with Crippen molar-refractivity contribution in [1.82, 2.24) is 15.0 Å². The molecule has 2 rings (SSSR count). The molecule has 1 aromatic heterocycles. The van der Waals surface area contributed by atoms with Gasteiger partial charge in [0.15, 0.2) is 0 Å². The first kappa shape index (κ1) is 13.8. The molecule has 0 saturated heterocycles. The quantitative estimate of drug-likeness (QED) is 0.945. The summed E-state index contributed by atoms with van der Waals surface area (Å²) in [6.07, 6.45) is -2.62. The van der Waals surface area contributed by atoms with Crippen molar-refractivity contribution in [2.75, 3.05) is 6.61 Å². The Bertz CT molecular complexity index is 583. The third-order valence-corrected chi connectivity index (χ3v) is 2.73. The average molecular weight is 292 g/mol. The summed E-state index contributed by atoms with van der Waals surface area (Å²) >= 11 is 5.82. The van der Waals surface area contributed by atoms with Gasteiger partial charge in [0, 0.05) is 13.0 Å². The van der Waals surface area contributed by atoms with E-state index in [-0.39, 0.29) is 11.6 Å². The van der Waals surface area contributed by atoms with E-state index < -0.39 is 11.7 Å². The summed E-state index contributed by atoms with van der Waals surface area (Å²) < 4.78 is 38.7. The van der Waals surface area contributed by atoms with Crippen molar-refractivity contribution in [2.45, 2.75) is 12.6 Å². The second kappa shape index (κ2) is 5.18. The molecule has 0 spiro atoms. The fourth-order valence-corrected chi connectivity index (χ4v) is 1.78. The molecule has 0 bridgehead atoms. The van der Waals surface area contributed by atoms with Gasteiger partial charge in [-0.2, -0.15) is 13.2 Å². The van der Waals surface area contributed by atoms with E-state index in [9.17, 15) is 13.2 Å². The van der Waals surface area contributed by atoms with Crippen LogP contribution in [0.4, 0.5) is 13.2 Å². The van der Waals surface area contributed by atoms with Crippen molar-refractivity contribution in [3.05, 3.63) is 40.7 Å². The van der Waals surface area contributed by atoms with Gasteiger partial charge in [0.25, 0.3) is 0 Å². The number of aromatic nitrogens is 3. The molecule has 0 atom stereocenters. The van der Waals surface area contributed by atoms with Gasteiger partial charge in [0.05, 0.1) is 28.2 Å². The molecule has 0 aliphatic heterocycles. The van der Waals surface area contributed by atoms with Crippen LogP contribution in [0.2, 0.25) is 5.02 Å². The summed E-state index contributed by atoms with van der Waals surface area (Å²) in [5.74, 6) is 0. The lowest BCUT2D eigenvalue weighted by atomic mass is 10.2. The predicted octanol–water partition coefficient (Wildman–Crippen LogP) is 2.47. The van der Waals surface area contributed by atoms with Crippen LogP contribution in [0, 0.1) is 0 Å². The number of aliphatic hydroxyl groups is 1. The highest BCUT2D eigenvalue weighted by molar-refractivity contribution is 6.32. The van der Waals surface area contributed by atoms with E-state index in [0.29, 0.717) is 17.8 Å². The van der Waals surface area contributed by atoms with E-state index >= 15 is 0 Å². The van der Waals surface area contributed by atoms with E-state index in [1.165, 1.54) is 16.9 Å². The van der Waals surface area contributed by atoms with Gasteiger partial charge in [-0.25, -0.2) is 4.68 Å². The Morgan fingerprint density at radius 1 is 1.32 bits per heavy atom. The summed E-state index contributed by atoms with van der Waals surface area (Å²) in [6, 6.07) is 2.99. The maximum atomic E-state index is 12.5. The van der Waals surface area contributed by atoms with E-state index in [4.69, 9.17) is 16.7 Å². The molecule has 19 heavy (non-hydrogen) atoms. The van der Waals surface area contributed by atoms with Gasteiger partial charge in [-0.15, -0.1) is 5.10 Å². The second-order valence-electron chi connectivity index (χ2n) is 3.79. The fraction of sp³-hybridized carbons (Fsp3) is 0.273. The van der Waals surface area contributed by atoms with Crippen molar-refractivity contribution < 1.29 is 18.3 Å². The molecular formula is C11H9ClF3N3O. The van der Waals surface area contributed by atoms with Gasteiger partial charge in [0.1, 0.15) is 0 Å². The molecule has 1 aromatic carbocycles. The van der Waals surface area contributed by atoms with Crippen LogP contribution in [0.15, 0.2) is 24.4 Å². The minimum Gasteiger partial charge on any atom is -0.396 e. The topological polar surface area (TPSA) is 50.9 Å². The Kier molecular flexibility index (Phi) is 3.77. The lowest BCUT2D eigenvalue weighted by molar-refractivity contribution is -0.137. The molecule has 4 nitrogen and oxygen atoms in total. The monoisotopic (exact) mass is 291 g/mol. The smallest absolute Gasteiger partial charge is 0.396 e. The highest BCUT2D eigenvalue weighted by Gasteiger charge is 2.31. The Morgan fingerprint density at radius 2 is 2.05 bits per heavy atom. The summed E-state index contributed by atoms with van der Waals surface area (Å²) in [5.41, 5.74) is 0.00164. The van der Waals surface area contributed by atoms with Gasteiger partial charge in [-0.1, -0.05) is 16.8 Å². The maximum absolute atomic E-state index is 12.5. The Hall–Kier alpha value is -1.60. The molecule has 0 aliphatic rings. The predicted molar refractivity (Wildman–Crippen MR) is 62.2 cm³/mol. The van der Waals surface area contributed by atoms with Crippen molar-refractivity contribution >= 4 is 11.6 Å². The third-order valence-electron chi connectivity index (χ3n) is 2.43. The number of nitrogens with zero attached hydrogens (tertiary/aromatic N) is 3. The zero-order chi connectivity index (χ0) is 14.0. The van der Waals surface area contributed by atoms with Crippen LogP contribution >= 0.6 is 11.6 Å². The fourth-order valence-electron chi connectivity index (χ4n) is 1.51. The van der Waals surface area contributed by atoms with E-state index in [2.05, 4.69) is 10.3 Å². The van der Waals surface area contributed by atoms with E-state index in [1.807, 2.05) is 0 Å². The number of rotatable bonds is 3. The summed E-state index contributed by atoms with van der Waals surface area (Å²) in [5, 5.41) is 16.2. The zero-order valence-corrected chi connectivity index (χ0v) is 10.3. The first-order valence-corrected chi connectivity index (χ1v) is 5.69. The number of halogens is 4. The van der Waals surface area contributed by atoms with Crippen LogP contribution < -0.4 is 0 Å². The summed E-state index contributed by atoms with van der Waals surface area (Å²) in [7, 11) is 0. The van der Waals surface area contributed by atoms with Crippen LogP contribution in [0.1, 0.15) is 11.3 Å². The van der Waals surface area contributed by atoms with Crippen LogP contribution in [0.25, 0.3) is 5.69 Å². The van der Waals surface area contributed by atoms with Crippen molar-refractivity contribution in [1.29, 1.82) is 0 Å². The van der Waals surface area contributed by atoms with Gasteiger partial charge in [-0.3, -0.25) is 0 Å². The van der Waals surface area contributed by atoms with Gasteiger partial charge < -0.3 is 5.11 Å². The van der Waals surface area contributed by atoms with Crippen LogP contribution in [0.3, 0.4) is 0 Å². The summed E-state index contributed by atoms with van der Waals surface area (Å²) in [4.78, 5) is 0. The zero-order valence-electron chi connectivity index (χ0n) is 9.52. The van der Waals surface area contributed by atoms with Crippen molar-refractivity contribution in [3.63, 3.8) is 0 Å².